The predicted molar refractivity (Wildman–Crippen MR) is 75.8 cm³/mol. The first-order chi connectivity index (χ1) is 8.68. The number of hydrogen-bond acceptors (Lipinski definition) is 3. The van der Waals surface area contributed by atoms with E-state index in [9.17, 15) is 10.2 Å². The summed E-state index contributed by atoms with van der Waals surface area (Å²) in [6.45, 7) is 1.98. The minimum absolute atomic E-state index is 0.0538. The average Bonchev–Trinajstić information content (AvgIpc) is 2.88. The van der Waals surface area contributed by atoms with Crippen LogP contribution in [0.5, 0.6) is 0 Å². The number of thioether (sulfide) groups is 1. The van der Waals surface area contributed by atoms with E-state index in [0.29, 0.717) is 0 Å². The largest absolute Gasteiger partial charge is 0.396 e. The summed E-state index contributed by atoms with van der Waals surface area (Å²) in [5.41, 5.74) is 0. The summed E-state index contributed by atoms with van der Waals surface area (Å²) in [5, 5.41) is 19.8. The quantitative estimate of drug-likeness (QED) is 0.860. The molecule has 1 fully saturated rings. The van der Waals surface area contributed by atoms with Gasteiger partial charge in [-0.15, -0.1) is 11.8 Å². The fourth-order valence-corrected chi connectivity index (χ4v) is 4.38. The van der Waals surface area contributed by atoms with Gasteiger partial charge in [0.15, 0.2) is 0 Å². The maximum atomic E-state index is 10.5. The molecule has 0 bridgehead atoms. The summed E-state index contributed by atoms with van der Waals surface area (Å²) in [7, 11) is 0. The van der Waals surface area contributed by atoms with Crippen LogP contribution < -0.4 is 0 Å². The second-order valence-corrected chi connectivity index (χ2v) is 6.78. The molecule has 2 N–H and O–H groups in total. The molecule has 1 aliphatic carbocycles. The molecule has 0 unspecified atom stereocenters. The van der Waals surface area contributed by atoms with Crippen molar-refractivity contribution in [3.8, 4) is 0 Å². The van der Waals surface area contributed by atoms with Crippen LogP contribution in [-0.2, 0) is 0 Å². The second-order valence-electron chi connectivity index (χ2n) is 5.29. The lowest BCUT2D eigenvalue weighted by Gasteiger charge is -2.36. The van der Waals surface area contributed by atoms with Crippen LogP contribution >= 0.6 is 11.8 Å². The molecule has 0 aromatic heterocycles. The van der Waals surface area contributed by atoms with Crippen LogP contribution in [-0.4, -0.2) is 27.7 Å². The van der Waals surface area contributed by atoms with Gasteiger partial charge in [-0.25, -0.2) is 0 Å². The van der Waals surface area contributed by atoms with Gasteiger partial charge in [-0.2, -0.15) is 0 Å². The van der Waals surface area contributed by atoms with Gasteiger partial charge in [-0.3, -0.25) is 0 Å². The summed E-state index contributed by atoms with van der Waals surface area (Å²) >= 11 is 1.79. The first kappa shape index (κ1) is 13.9. The first-order valence-electron chi connectivity index (χ1n) is 6.71. The standard InChI is InChI=1S/C15H22O2S/c1-12(11-16)14(17)15(9-5-6-10-15)18-13-7-3-2-4-8-13/h2-4,7-8,12,14,16-17H,5-6,9-11H2,1H3/t12-,14-/m1/s1. The van der Waals surface area contributed by atoms with Crippen molar-refractivity contribution in [3.63, 3.8) is 0 Å². The Morgan fingerprint density at radius 2 is 1.83 bits per heavy atom. The van der Waals surface area contributed by atoms with Gasteiger partial charge in [0.2, 0.25) is 0 Å². The van der Waals surface area contributed by atoms with Crippen LogP contribution in [0.4, 0.5) is 0 Å². The van der Waals surface area contributed by atoms with E-state index in [1.807, 2.05) is 25.1 Å². The van der Waals surface area contributed by atoms with E-state index < -0.39 is 6.10 Å². The number of hydrogen-bond donors (Lipinski definition) is 2. The molecule has 2 nitrogen and oxygen atoms in total. The number of aliphatic hydroxyl groups is 2. The van der Waals surface area contributed by atoms with E-state index in [1.54, 1.807) is 11.8 Å². The third-order valence-electron chi connectivity index (χ3n) is 3.88. The third kappa shape index (κ3) is 2.90. The van der Waals surface area contributed by atoms with Crippen LogP contribution in [0.1, 0.15) is 32.6 Å². The zero-order valence-electron chi connectivity index (χ0n) is 10.9. The third-order valence-corrected chi connectivity index (χ3v) is 5.44. The van der Waals surface area contributed by atoms with E-state index in [4.69, 9.17) is 0 Å². The van der Waals surface area contributed by atoms with Crippen molar-refractivity contribution in [1.82, 2.24) is 0 Å². The molecule has 0 heterocycles. The predicted octanol–water partition coefficient (Wildman–Crippen LogP) is 3.08. The number of rotatable bonds is 5. The van der Waals surface area contributed by atoms with Crippen LogP contribution in [0, 0.1) is 5.92 Å². The van der Waals surface area contributed by atoms with Crippen molar-refractivity contribution in [2.45, 2.75) is 48.4 Å². The Morgan fingerprint density at radius 1 is 1.22 bits per heavy atom. The van der Waals surface area contributed by atoms with Gasteiger partial charge < -0.3 is 10.2 Å². The average molecular weight is 266 g/mol. The lowest BCUT2D eigenvalue weighted by Crippen LogP contribution is -2.42. The maximum absolute atomic E-state index is 10.5. The number of benzene rings is 1. The molecule has 0 saturated heterocycles. The lowest BCUT2D eigenvalue weighted by atomic mass is 9.90. The summed E-state index contributed by atoms with van der Waals surface area (Å²) in [4.78, 5) is 1.21. The van der Waals surface area contributed by atoms with E-state index in [0.717, 1.165) is 12.8 Å². The smallest absolute Gasteiger partial charge is 0.0737 e. The Labute approximate surface area is 113 Å². The summed E-state index contributed by atoms with van der Waals surface area (Å²) in [6, 6.07) is 10.3. The Morgan fingerprint density at radius 3 is 2.39 bits per heavy atom. The first-order valence-corrected chi connectivity index (χ1v) is 7.52. The highest BCUT2D eigenvalue weighted by Gasteiger charge is 2.43. The Bertz CT molecular complexity index is 360. The highest BCUT2D eigenvalue weighted by molar-refractivity contribution is 8.00. The lowest BCUT2D eigenvalue weighted by molar-refractivity contribution is 0.0468. The molecule has 1 saturated carbocycles. The Kier molecular flexibility index (Phi) is 4.71. The topological polar surface area (TPSA) is 40.5 Å². The van der Waals surface area contributed by atoms with Crippen LogP contribution in [0.25, 0.3) is 0 Å². The van der Waals surface area contributed by atoms with E-state index in [2.05, 4.69) is 12.1 Å². The molecular formula is C15H22O2S. The van der Waals surface area contributed by atoms with Gasteiger partial charge in [-0.05, 0) is 25.0 Å². The van der Waals surface area contributed by atoms with Crippen LogP contribution in [0.2, 0.25) is 0 Å². The zero-order chi connectivity index (χ0) is 13.0. The molecule has 0 amide bonds. The van der Waals surface area contributed by atoms with Crippen molar-refractivity contribution < 1.29 is 10.2 Å². The monoisotopic (exact) mass is 266 g/mol. The Balaban J connectivity index is 2.17. The molecule has 0 aliphatic heterocycles. The van der Waals surface area contributed by atoms with Crippen molar-refractivity contribution in [1.29, 1.82) is 0 Å². The molecule has 18 heavy (non-hydrogen) atoms. The van der Waals surface area contributed by atoms with Gasteiger partial charge in [-0.1, -0.05) is 38.0 Å². The van der Waals surface area contributed by atoms with Gasteiger partial charge >= 0.3 is 0 Å². The SMILES string of the molecule is C[C@H](CO)[C@@H](O)C1(Sc2ccccc2)CCCC1. The Hall–Kier alpha value is -0.510. The molecule has 2 rings (SSSR count). The second kappa shape index (κ2) is 6.09. The van der Waals surface area contributed by atoms with Crippen molar-refractivity contribution in [2.24, 2.45) is 5.92 Å². The molecular weight excluding hydrogens is 244 g/mol. The van der Waals surface area contributed by atoms with Crippen molar-refractivity contribution in [2.75, 3.05) is 6.61 Å². The molecule has 0 spiro atoms. The minimum Gasteiger partial charge on any atom is -0.396 e. The fourth-order valence-electron chi connectivity index (χ4n) is 2.77. The highest BCUT2D eigenvalue weighted by Crippen LogP contribution is 2.49. The summed E-state index contributed by atoms with van der Waals surface area (Å²) in [5.74, 6) is -0.0562. The number of aliphatic hydroxyl groups excluding tert-OH is 2. The van der Waals surface area contributed by atoms with E-state index >= 15 is 0 Å². The minimum atomic E-state index is -0.435. The molecule has 0 radical (unpaired) electrons. The van der Waals surface area contributed by atoms with Crippen molar-refractivity contribution in [3.05, 3.63) is 30.3 Å². The van der Waals surface area contributed by atoms with Gasteiger partial charge in [0.1, 0.15) is 0 Å². The fraction of sp³-hybridized carbons (Fsp3) is 0.600. The zero-order valence-corrected chi connectivity index (χ0v) is 11.7. The van der Waals surface area contributed by atoms with Crippen LogP contribution in [0.15, 0.2) is 35.2 Å². The van der Waals surface area contributed by atoms with Gasteiger partial charge in [0, 0.05) is 22.2 Å². The molecule has 1 aromatic rings. The normalized spacial score (nSPS) is 21.7. The maximum Gasteiger partial charge on any atom is 0.0737 e. The van der Waals surface area contributed by atoms with Crippen molar-refractivity contribution >= 4 is 11.8 Å². The molecule has 1 aliphatic rings. The highest BCUT2D eigenvalue weighted by atomic mass is 32.2. The van der Waals surface area contributed by atoms with E-state index in [-0.39, 0.29) is 17.3 Å². The molecule has 3 heteroatoms. The molecule has 100 valence electrons. The molecule has 2 atom stereocenters. The van der Waals surface area contributed by atoms with E-state index in [1.165, 1.54) is 17.7 Å². The van der Waals surface area contributed by atoms with Crippen LogP contribution in [0.3, 0.4) is 0 Å². The molecule has 1 aromatic carbocycles. The summed E-state index contributed by atoms with van der Waals surface area (Å²) < 4.78 is -0.108. The van der Waals surface area contributed by atoms with Gasteiger partial charge in [0.05, 0.1) is 6.10 Å². The summed E-state index contributed by atoms with van der Waals surface area (Å²) in [6.07, 6.45) is 4.00. The van der Waals surface area contributed by atoms with Gasteiger partial charge in [0.25, 0.3) is 0 Å².